The molecule has 1 atom stereocenters. The lowest BCUT2D eigenvalue weighted by Gasteiger charge is -2.21. The van der Waals surface area contributed by atoms with Crippen molar-refractivity contribution in [2.24, 2.45) is 0 Å². The van der Waals surface area contributed by atoms with Crippen LogP contribution in [0.25, 0.3) is 0 Å². The fraction of sp³-hybridized carbons (Fsp3) is 0.182. The molecule has 0 fully saturated rings. The molecule has 4 rings (SSSR count). The van der Waals surface area contributed by atoms with Crippen molar-refractivity contribution in [1.29, 1.82) is 0 Å². The predicted molar refractivity (Wildman–Crippen MR) is 119 cm³/mol. The molecule has 1 aliphatic heterocycles. The number of anilines is 2. The van der Waals surface area contributed by atoms with Crippen molar-refractivity contribution < 1.29 is 22.7 Å². The molecule has 31 heavy (non-hydrogen) atoms. The van der Waals surface area contributed by atoms with Crippen LogP contribution in [0, 0.1) is 0 Å². The van der Waals surface area contributed by atoms with Crippen LogP contribution < -0.4 is 9.62 Å². The van der Waals surface area contributed by atoms with Gasteiger partial charge in [0.15, 0.2) is 6.10 Å². The number of esters is 1. The number of nitrogens with one attached hydrogen (secondary N) is 1. The zero-order valence-electron chi connectivity index (χ0n) is 16.6. The van der Waals surface area contributed by atoms with Crippen LogP contribution in [0.2, 0.25) is 0 Å². The van der Waals surface area contributed by atoms with E-state index < -0.39 is 22.1 Å². The number of benzene rings is 2. The van der Waals surface area contributed by atoms with E-state index >= 15 is 0 Å². The first-order valence-electron chi connectivity index (χ1n) is 9.62. The molecule has 1 aliphatic rings. The summed E-state index contributed by atoms with van der Waals surface area (Å²) in [6.07, 6.45) is -0.179. The van der Waals surface area contributed by atoms with E-state index in [-0.39, 0.29) is 15.7 Å². The quantitative estimate of drug-likeness (QED) is 0.571. The topological polar surface area (TPSA) is 92.8 Å². The van der Waals surface area contributed by atoms with Crippen molar-refractivity contribution in [3.05, 3.63) is 77.2 Å². The summed E-state index contributed by atoms with van der Waals surface area (Å²) in [5, 5.41) is 1.68. The lowest BCUT2D eigenvalue weighted by molar-refractivity contribution is -0.126. The second-order valence-corrected chi connectivity index (χ2v) is 9.89. The lowest BCUT2D eigenvalue weighted by Crippen LogP contribution is -2.39. The average molecular weight is 457 g/mol. The molecule has 1 amide bonds. The number of hydrogen-bond acceptors (Lipinski definition) is 6. The molecule has 1 aromatic heterocycles. The highest BCUT2D eigenvalue weighted by molar-refractivity contribution is 7.94. The van der Waals surface area contributed by atoms with Gasteiger partial charge in [0, 0.05) is 17.9 Å². The van der Waals surface area contributed by atoms with Crippen LogP contribution in [-0.4, -0.2) is 32.9 Å². The molecule has 2 aromatic carbocycles. The second kappa shape index (κ2) is 8.52. The molecule has 0 radical (unpaired) electrons. The van der Waals surface area contributed by atoms with Crippen LogP contribution in [-0.2, 0) is 26.0 Å². The van der Waals surface area contributed by atoms with E-state index in [9.17, 15) is 18.0 Å². The Hall–Kier alpha value is -3.17. The molecule has 160 valence electrons. The van der Waals surface area contributed by atoms with E-state index in [1.54, 1.807) is 23.3 Å². The number of carbonyl (C=O) groups excluding carboxylic acids is 2. The molecule has 0 saturated heterocycles. The molecule has 3 aromatic rings. The van der Waals surface area contributed by atoms with Gasteiger partial charge in [-0.2, -0.15) is 0 Å². The molecule has 2 heterocycles. The Bertz CT molecular complexity index is 1200. The average Bonchev–Trinajstić information content (AvgIpc) is 3.44. The van der Waals surface area contributed by atoms with Gasteiger partial charge < -0.3 is 9.64 Å². The van der Waals surface area contributed by atoms with Gasteiger partial charge >= 0.3 is 5.97 Å². The summed E-state index contributed by atoms with van der Waals surface area (Å²) in [6.45, 7) is 2.10. The number of carbonyl (C=O) groups is 2. The summed E-state index contributed by atoms with van der Waals surface area (Å²) < 4.78 is 32.6. The molecule has 0 spiro atoms. The van der Waals surface area contributed by atoms with Crippen molar-refractivity contribution in [2.75, 3.05) is 16.2 Å². The number of ether oxygens (including phenoxy) is 1. The van der Waals surface area contributed by atoms with Crippen molar-refractivity contribution >= 4 is 44.6 Å². The van der Waals surface area contributed by atoms with Crippen LogP contribution in [0.4, 0.5) is 11.4 Å². The minimum Gasteiger partial charge on any atom is -0.449 e. The molecule has 0 bridgehead atoms. The summed E-state index contributed by atoms with van der Waals surface area (Å²) in [5.74, 6) is -0.931. The summed E-state index contributed by atoms with van der Waals surface area (Å²) in [4.78, 5) is 26.9. The Balaban J connectivity index is 1.39. The summed E-state index contributed by atoms with van der Waals surface area (Å²) >= 11 is 1.11. The van der Waals surface area contributed by atoms with Gasteiger partial charge in [0.1, 0.15) is 4.21 Å². The number of amides is 1. The van der Waals surface area contributed by atoms with Crippen LogP contribution in [0.1, 0.15) is 22.8 Å². The molecule has 0 saturated carbocycles. The molecular weight excluding hydrogens is 436 g/mol. The minimum absolute atomic E-state index is 0.201. The van der Waals surface area contributed by atoms with Crippen LogP contribution in [0.3, 0.4) is 0 Å². The van der Waals surface area contributed by atoms with Crippen molar-refractivity contribution in [3.8, 4) is 0 Å². The lowest BCUT2D eigenvalue weighted by atomic mass is 10.2. The van der Waals surface area contributed by atoms with Crippen LogP contribution >= 0.6 is 11.3 Å². The van der Waals surface area contributed by atoms with Crippen molar-refractivity contribution in [1.82, 2.24) is 0 Å². The third-order valence-corrected chi connectivity index (χ3v) is 7.70. The maximum absolute atomic E-state index is 12.8. The van der Waals surface area contributed by atoms with Crippen LogP contribution in [0.5, 0.6) is 0 Å². The van der Waals surface area contributed by atoms with Crippen LogP contribution in [0.15, 0.2) is 70.3 Å². The summed E-state index contributed by atoms with van der Waals surface area (Å²) in [6, 6.07) is 16.7. The number of nitrogens with zero attached hydrogens (tertiary/aromatic N) is 1. The van der Waals surface area contributed by atoms with Gasteiger partial charge in [-0.15, -0.1) is 11.3 Å². The zero-order chi connectivity index (χ0) is 22.0. The van der Waals surface area contributed by atoms with Crippen molar-refractivity contribution in [2.45, 2.75) is 23.7 Å². The largest absolute Gasteiger partial charge is 0.449 e. The molecule has 0 unspecified atom stereocenters. The van der Waals surface area contributed by atoms with Gasteiger partial charge in [-0.1, -0.05) is 24.3 Å². The maximum atomic E-state index is 12.8. The number of thiophene rings is 1. The SMILES string of the molecule is C[C@H](OC(=O)c1ccc(NS(=O)(=O)c2cccs2)cc1)C(=O)N1CCc2ccccc21. The molecule has 7 nitrogen and oxygen atoms in total. The van der Waals surface area contributed by atoms with Gasteiger partial charge in [-0.05, 0) is 60.7 Å². The first-order chi connectivity index (χ1) is 14.8. The van der Waals surface area contributed by atoms with E-state index in [1.165, 1.54) is 30.3 Å². The van der Waals surface area contributed by atoms with Gasteiger partial charge in [0.05, 0.1) is 5.56 Å². The number of sulfonamides is 1. The number of hydrogen-bond donors (Lipinski definition) is 1. The van der Waals surface area contributed by atoms with Gasteiger partial charge in [0.2, 0.25) is 0 Å². The fourth-order valence-corrected chi connectivity index (χ4v) is 5.41. The molecular formula is C22H20N2O5S2. The predicted octanol–water partition coefficient (Wildman–Crippen LogP) is 3.68. The highest BCUT2D eigenvalue weighted by Gasteiger charge is 2.30. The minimum atomic E-state index is -3.67. The van der Waals surface area contributed by atoms with E-state index in [4.69, 9.17) is 4.74 Å². The Kier molecular flexibility index (Phi) is 5.79. The third kappa shape index (κ3) is 4.47. The first kappa shape index (κ1) is 21.1. The Morgan fingerprint density at radius 3 is 2.52 bits per heavy atom. The Morgan fingerprint density at radius 1 is 1.06 bits per heavy atom. The van der Waals surface area contributed by atoms with Gasteiger partial charge in [-0.3, -0.25) is 9.52 Å². The van der Waals surface area contributed by atoms with E-state index in [0.29, 0.717) is 12.2 Å². The smallest absolute Gasteiger partial charge is 0.338 e. The summed E-state index contributed by atoms with van der Waals surface area (Å²) in [7, 11) is -3.67. The van der Waals surface area contributed by atoms with E-state index in [2.05, 4.69) is 4.72 Å². The van der Waals surface area contributed by atoms with E-state index in [0.717, 1.165) is 29.0 Å². The third-order valence-electron chi connectivity index (χ3n) is 4.92. The summed E-state index contributed by atoms with van der Waals surface area (Å²) in [5.41, 5.74) is 2.48. The Labute approximate surface area is 184 Å². The highest BCUT2D eigenvalue weighted by atomic mass is 32.2. The second-order valence-electron chi connectivity index (χ2n) is 7.03. The number of rotatable bonds is 6. The number of para-hydroxylation sites is 1. The molecule has 1 N–H and O–H groups in total. The van der Waals surface area contributed by atoms with Gasteiger partial charge in [-0.25, -0.2) is 13.2 Å². The molecule has 9 heteroatoms. The fourth-order valence-electron chi connectivity index (χ4n) is 3.36. The first-order valence-corrected chi connectivity index (χ1v) is 12.0. The van der Waals surface area contributed by atoms with Crippen molar-refractivity contribution in [3.63, 3.8) is 0 Å². The highest BCUT2D eigenvalue weighted by Crippen LogP contribution is 2.28. The van der Waals surface area contributed by atoms with E-state index in [1.807, 2.05) is 24.3 Å². The zero-order valence-corrected chi connectivity index (χ0v) is 18.3. The normalized spacial score (nSPS) is 14.0. The Morgan fingerprint density at radius 2 is 1.81 bits per heavy atom. The number of fused-ring (bicyclic) bond motifs is 1. The van der Waals surface area contributed by atoms with Gasteiger partial charge in [0.25, 0.3) is 15.9 Å². The molecule has 0 aliphatic carbocycles. The standard InChI is InChI=1S/C22H20N2O5S2/c1-15(21(25)24-13-12-16-5-2-3-6-19(16)24)29-22(26)17-8-10-18(11-9-17)23-31(27,28)20-7-4-14-30-20/h2-11,14-15,23H,12-13H2,1H3/t15-/m0/s1. The maximum Gasteiger partial charge on any atom is 0.338 e. The monoisotopic (exact) mass is 456 g/mol.